The highest BCUT2D eigenvalue weighted by atomic mass is 14.8. The summed E-state index contributed by atoms with van der Waals surface area (Å²) in [7, 11) is 0. The van der Waals surface area contributed by atoms with E-state index in [4.69, 9.17) is 0 Å². The molecular formula is C7H11N. The predicted octanol–water partition coefficient (Wildman–Crippen LogP) is 1.80. The first-order valence-electron chi connectivity index (χ1n) is 3.07. The number of aliphatic imine (C=N–C) groups is 1. The highest BCUT2D eigenvalue weighted by molar-refractivity contribution is 5.58. The molecule has 1 rings (SSSR count). The van der Waals surface area contributed by atoms with E-state index in [1.165, 1.54) is 12.8 Å². The van der Waals surface area contributed by atoms with E-state index in [-0.39, 0.29) is 0 Å². The van der Waals surface area contributed by atoms with E-state index in [0.29, 0.717) is 6.04 Å². The second-order valence-corrected chi connectivity index (χ2v) is 2.07. The molecule has 0 amide bonds. The van der Waals surface area contributed by atoms with Gasteiger partial charge in [-0.2, -0.15) is 0 Å². The molecule has 1 heteroatoms. The van der Waals surface area contributed by atoms with Crippen molar-refractivity contribution in [2.24, 2.45) is 4.99 Å². The zero-order valence-electron chi connectivity index (χ0n) is 5.01. The Balaban J connectivity index is 2.42. The molecule has 1 nitrogen and oxygen atoms in total. The summed E-state index contributed by atoms with van der Waals surface area (Å²) in [6.07, 6.45) is 7.54. The first-order chi connectivity index (χ1) is 3.93. The minimum absolute atomic E-state index is 0.420. The smallest absolute Gasteiger partial charge is 0.0673 e. The normalized spacial score (nSPS) is 27.8. The third kappa shape index (κ3) is 1.19. The molecular weight excluding hydrogens is 98.1 g/mol. The van der Waals surface area contributed by atoms with E-state index in [1.54, 1.807) is 0 Å². The van der Waals surface area contributed by atoms with E-state index in [9.17, 15) is 0 Å². The summed E-state index contributed by atoms with van der Waals surface area (Å²) in [4.78, 5) is 4.20. The number of hydrogen-bond donors (Lipinski definition) is 0. The molecule has 1 aliphatic rings. The van der Waals surface area contributed by atoms with E-state index >= 15 is 0 Å². The van der Waals surface area contributed by atoms with Crippen LogP contribution >= 0.6 is 0 Å². The molecule has 0 fully saturated rings. The van der Waals surface area contributed by atoms with Gasteiger partial charge in [0, 0.05) is 0 Å². The second-order valence-electron chi connectivity index (χ2n) is 2.07. The van der Waals surface area contributed by atoms with Crippen LogP contribution in [0.3, 0.4) is 0 Å². The van der Waals surface area contributed by atoms with Crippen molar-refractivity contribution in [1.29, 1.82) is 0 Å². The van der Waals surface area contributed by atoms with Gasteiger partial charge in [-0.15, -0.1) is 6.58 Å². The van der Waals surface area contributed by atoms with Crippen LogP contribution in [0.15, 0.2) is 17.6 Å². The van der Waals surface area contributed by atoms with Crippen LogP contribution in [0.5, 0.6) is 0 Å². The lowest BCUT2D eigenvalue weighted by atomic mass is 10.1. The fraction of sp³-hybridized carbons (Fsp3) is 0.571. The van der Waals surface area contributed by atoms with E-state index in [2.05, 4.69) is 11.6 Å². The molecule has 0 aliphatic carbocycles. The van der Waals surface area contributed by atoms with Gasteiger partial charge < -0.3 is 0 Å². The molecule has 0 radical (unpaired) electrons. The SMILES string of the molecule is C=CC1CCCC=N1. The van der Waals surface area contributed by atoms with Gasteiger partial charge in [-0.05, 0) is 25.5 Å². The molecule has 0 spiro atoms. The maximum absolute atomic E-state index is 4.20. The van der Waals surface area contributed by atoms with Gasteiger partial charge in [-0.1, -0.05) is 6.08 Å². The van der Waals surface area contributed by atoms with Crippen molar-refractivity contribution in [3.05, 3.63) is 12.7 Å². The van der Waals surface area contributed by atoms with E-state index < -0.39 is 0 Å². The lowest BCUT2D eigenvalue weighted by Gasteiger charge is -2.09. The van der Waals surface area contributed by atoms with Crippen molar-refractivity contribution >= 4 is 6.21 Å². The summed E-state index contributed by atoms with van der Waals surface area (Å²) in [6, 6.07) is 0.420. The van der Waals surface area contributed by atoms with Crippen LogP contribution in [-0.4, -0.2) is 12.3 Å². The van der Waals surface area contributed by atoms with Crippen molar-refractivity contribution in [1.82, 2.24) is 0 Å². The van der Waals surface area contributed by atoms with Crippen LogP contribution in [-0.2, 0) is 0 Å². The third-order valence-corrected chi connectivity index (χ3v) is 1.40. The maximum Gasteiger partial charge on any atom is 0.0673 e. The summed E-state index contributed by atoms with van der Waals surface area (Å²) < 4.78 is 0. The van der Waals surface area contributed by atoms with Gasteiger partial charge in [0.1, 0.15) is 0 Å². The Morgan fingerprint density at radius 3 is 3.00 bits per heavy atom. The molecule has 0 bridgehead atoms. The predicted molar refractivity (Wildman–Crippen MR) is 36.3 cm³/mol. The van der Waals surface area contributed by atoms with Crippen LogP contribution in [0.4, 0.5) is 0 Å². The Kier molecular flexibility index (Phi) is 1.84. The van der Waals surface area contributed by atoms with Crippen LogP contribution in [0, 0.1) is 0 Å². The molecule has 8 heavy (non-hydrogen) atoms. The van der Waals surface area contributed by atoms with E-state index in [0.717, 1.165) is 6.42 Å². The molecule has 1 unspecified atom stereocenters. The average Bonchev–Trinajstić information content (AvgIpc) is 1.90. The highest BCUT2D eigenvalue weighted by Crippen LogP contribution is 2.08. The molecule has 0 aromatic heterocycles. The summed E-state index contributed by atoms with van der Waals surface area (Å²) in [5.41, 5.74) is 0. The Labute approximate surface area is 50.1 Å². The first-order valence-corrected chi connectivity index (χ1v) is 3.07. The lowest BCUT2D eigenvalue weighted by molar-refractivity contribution is 0.662. The molecule has 0 N–H and O–H groups in total. The fourth-order valence-electron chi connectivity index (χ4n) is 0.881. The summed E-state index contributed by atoms with van der Waals surface area (Å²) in [5.74, 6) is 0. The topological polar surface area (TPSA) is 12.4 Å². The molecule has 0 saturated carbocycles. The van der Waals surface area contributed by atoms with Crippen molar-refractivity contribution in [2.75, 3.05) is 0 Å². The molecule has 1 aliphatic heterocycles. The first kappa shape index (κ1) is 5.54. The minimum Gasteiger partial charge on any atom is -0.290 e. The Morgan fingerprint density at radius 1 is 1.75 bits per heavy atom. The highest BCUT2D eigenvalue weighted by Gasteiger charge is 2.02. The van der Waals surface area contributed by atoms with Crippen molar-refractivity contribution in [3.63, 3.8) is 0 Å². The Hall–Kier alpha value is -0.590. The van der Waals surface area contributed by atoms with Crippen LogP contribution in [0.25, 0.3) is 0 Å². The van der Waals surface area contributed by atoms with Gasteiger partial charge in [-0.25, -0.2) is 0 Å². The molecule has 44 valence electrons. The summed E-state index contributed by atoms with van der Waals surface area (Å²) >= 11 is 0. The number of hydrogen-bond acceptors (Lipinski definition) is 1. The van der Waals surface area contributed by atoms with Crippen molar-refractivity contribution in [3.8, 4) is 0 Å². The minimum atomic E-state index is 0.420. The Bertz CT molecular complexity index is 105. The average molecular weight is 109 g/mol. The largest absolute Gasteiger partial charge is 0.290 e. The zero-order chi connectivity index (χ0) is 5.82. The summed E-state index contributed by atoms with van der Waals surface area (Å²) in [6.45, 7) is 3.67. The van der Waals surface area contributed by atoms with Gasteiger partial charge in [0.25, 0.3) is 0 Å². The molecule has 0 aromatic carbocycles. The van der Waals surface area contributed by atoms with Gasteiger partial charge in [0.15, 0.2) is 0 Å². The van der Waals surface area contributed by atoms with Crippen LogP contribution < -0.4 is 0 Å². The number of nitrogens with zero attached hydrogens (tertiary/aromatic N) is 1. The summed E-state index contributed by atoms with van der Waals surface area (Å²) in [5, 5.41) is 0. The standard InChI is InChI=1S/C7H11N/c1-2-7-5-3-4-6-8-7/h2,6-7H,1,3-5H2. The fourth-order valence-corrected chi connectivity index (χ4v) is 0.881. The van der Waals surface area contributed by atoms with E-state index in [1.807, 2.05) is 12.3 Å². The maximum atomic E-state index is 4.20. The quantitative estimate of drug-likeness (QED) is 0.455. The van der Waals surface area contributed by atoms with Gasteiger partial charge in [0.05, 0.1) is 6.04 Å². The van der Waals surface area contributed by atoms with Crippen molar-refractivity contribution < 1.29 is 0 Å². The van der Waals surface area contributed by atoms with Crippen LogP contribution in [0.2, 0.25) is 0 Å². The lowest BCUT2D eigenvalue weighted by Crippen LogP contribution is -2.04. The molecule has 1 heterocycles. The van der Waals surface area contributed by atoms with Crippen LogP contribution in [0.1, 0.15) is 19.3 Å². The van der Waals surface area contributed by atoms with Gasteiger partial charge in [0.2, 0.25) is 0 Å². The van der Waals surface area contributed by atoms with Gasteiger partial charge >= 0.3 is 0 Å². The molecule has 0 aromatic rings. The van der Waals surface area contributed by atoms with Crippen molar-refractivity contribution in [2.45, 2.75) is 25.3 Å². The molecule has 1 atom stereocenters. The third-order valence-electron chi connectivity index (χ3n) is 1.40. The number of rotatable bonds is 1. The monoisotopic (exact) mass is 109 g/mol. The van der Waals surface area contributed by atoms with Gasteiger partial charge in [-0.3, -0.25) is 4.99 Å². The Morgan fingerprint density at radius 2 is 2.62 bits per heavy atom. The molecule has 0 saturated heterocycles. The second kappa shape index (κ2) is 2.65. The zero-order valence-corrected chi connectivity index (χ0v) is 5.01.